The van der Waals surface area contributed by atoms with E-state index in [0.29, 0.717) is 0 Å². The van der Waals surface area contributed by atoms with Gasteiger partial charge in [-0.1, -0.05) is 6.07 Å². The molecule has 11 heteroatoms. The first-order valence-corrected chi connectivity index (χ1v) is 10.9. The minimum Gasteiger partial charge on any atom is -0.340 e. The van der Waals surface area contributed by atoms with E-state index in [2.05, 4.69) is 10.3 Å². The maximum atomic E-state index is 13.0. The van der Waals surface area contributed by atoms with Gasteiger partial charge < -0.3 is 10.2 Å². The lowest BCUT2D eigenvalue weighted by atomic mass is 10.1. The number of carbonyl (C=O) groups excluding carboxylic acids is 1. The van der Waals surface area contributed by atoms with Crippen molar-refractivity contribution in [1.29, 1.82) is 0 Å². The largest absolute Gasteiger partial charge is 0.416 e. The van der Waals surface area contributed by atoms with Gasteiger partial charge >= 0.3 is 6.18 Å². The second kappa shape index (κ2) is 8.60. The summed E-state index contributed by atoms with van der Waals surface area (Å²) in [6.07, 6.45) is -3.06. The number of rotatable bonds is 5. The number of hydrogen-bond donors (Lipinski definition) is 1. The van der Waals surface area contributed by atoms with E-state index in [1.807, 2.05) is 0 Å². The summed E-state index contributed by atoms with van der Waals surface area (Å²) in [6.45, 7) is 2.39. The molecule has 1 saturated heterocycles. The van der Waals surface area contributed by atoms with Crippen LogP contribution in [0.2, 0.25) is 0 Å². The molecule has 2 aromatic rings. The molecule has 1 aromatic carbocycles. The summed E-state index contributed by atoms with van der Waals surface area (Å²) in [5.74, 6) is -0.245. The fraction of sp³-hybridized carbons (Fsp3) is 0.368. The van der Waals surface area contributed by atoms with E-state index >= 15 is 0 Å². The van der Waals surface area contributed by atoms with Gasteiger partial charge in [-0.15, -0.1) is 0 Å². The Morgan fingerprint density at radius 1 is 1.13 bits per heavy atom. The van der Waals surface area contributed by atoms with Crippen LogP contribution in [-0.2, 0) is 16.2 Å². The summed E-state index contributed by atoms with van der Waals surface area (Å²) in [4.78, 5) is 18.6. The molecule has 0 spiro atoms. The van der Waals surface area contributed by atoms with Gasteiger partial charge in [0.05, 0.1) is 16.9 Å². The van der Waals surface area contributed by atoms with E-state index < -0.39 is 21.8 Å². The number of aromatic nitrogens is 1. The number of amides is 1. The van der Waals surface area contributed by atoms with Gasteiger partial charge in [0.25, 0.3) is 5.91 Å². The van der Waals surface area contributed by atoms with Gasteiger partial charge in [-0.05, 0) is 37.3 Å². The van der Waals surface area contributed by atoms with Crippen LogP contribution in [0.1, 0.15) is 22.8 Å². The average molecular weight is 442 g/mol. The number of pyridine rings is 1. The molecule has 1 aliphatic heterocycles. The normalized spacial score (nSPS) is 15.8. The van der Waals surface area contributed by atoms with Crippen molar-refractivity contribution in [3.63, 3.8) is 0 Å². The van der Waals surface area contributed by atoms with Crippen LogP contribution in [0.4, 0.5) is 24.7 Å². The average Bonchev–Trinajstić information content (AvgIpc) is 2.73. The zero-order valence-corrected chi connectivity index (χ0v) is 17.0. The van der Waals surface area contributed by atoms with Gasteiger partial charge in [-0.25, -0.2) is 13.4 Å². The molecule has 0 atom stereocenters. The number of anilines is 2. The Morgan fingerprint density at radius 2 is 1.83 bits per heavy atom. The zero-order valence-electron chi connectivity index (χ0n) is 16.2. The lowest BCUT2D eigenvalue weighted by Crippen LogP contribution is -2.50. The van der Waals surface area contributed by atoms with Crippen LogP contribution in [-0.4, -0.2) is 60.4 Å². The lowest BCUT2D eigenvalue weighted by molar-refractivity contribution is -0.137. The number of piperazine rings is 1. The predicted molar refractivity (Wildman–Crippen MR) is 106 cm³/mol. The summed E-state index contributed by atoms with van der Waals surface area (Å²) >= 11 is 0. The first-order valence-electron chi connectivity index (χ1n) is 9.28. The highest BCUT2D eigenvalue weighted by molar-refractivity contribution is 7.89. The van der Waals surface area contributed by atoms with Crippen LogP contribution in [0, 0.1) is 0 Å². The van der Waals surface area contributed by atoms with Crippen molar-refractivity contribution >= 4 is 27.4 Å². The summed E-state index contributed by atoms with van der Waals surface area (Å²) in [5, 5.41) is 2.78. The van der Waals surface area contributed by atoms with Gasteiger partial charge in [-0.2, -0.15) is 17.5 Å². The fourth-order valence-corrected chi connectivity index (χ4v) is 4.19. The number of benzene rings is 1. The van der Waals surface area contributed by atoms with Crippen molar-refractivity contribution in [3.8, 4) is 0 Å². The molecule has 1 aliphatic rings. The Kier molecular flexibility index (Phi) is 6.32. The molecule has 3 rings (SSSR count). The molecule has 0 saturated carbocycles. The summed E-state index contributed by atoms with van der Waals surface area (Å²) < 4.78 is 64.1. The molecule has 0 bridgehead atoms. The van der Waals surface area contributed by atoms with E-state index in [4.69, 9.17) is 0 Å². The molecular formula is C19H21F3N4O3S. The first-order chi connectivity index (χ1) is 14.1. The number of halogens is 3. The van der Waals surface area contributed by atoms with Crippen LogP contribution >= 0.6 is 0 Å². The smallest absolute Gasteiger partial charge is 0.340 e. The quantitative estimate of drug-likeness (QED) is 0.770. The molecule has 0 unspecified atom stereocenters. The van der Waals surface area contributed by atoms with Crippen LogP contribution in [0.15, 0.2) is 42.6 Å². The molecule has 1 fully saturated rings. The summed E-state index contributed by atoms with van der Waals surface area (Å²) in [6, 6.07) is 7.70. The van der Waals surface area contributed by atoms with E-state index in [9.17, 15) is 26.4 Å². The molecule has 2 heterocycles. The van der Waals surface area contributed by atoms with Gasteiger partial charge in [0.2, 0.25) is 10.0 Å². The van der Waals surface area contributed by atoms with Crippen LogP contribution in [0.3, 0.4) is 0 Å². The maximum Gasteiger partial charge on any atom is 0.416 e. The van der Waals surface area contributed by atoms with Gasteiger partial charge in [-0.3, -0.25) is 4.79 Å². The molecule has 162 valence electrons. The third-order valence-electron chi connectivity index (χ3n) is 4.77. The maximum absolute atomic E-state index is 13.0. The van der Waals surface area contributed by atoms with E-state index in [-0.39, 0.29) is 54.9 Å². The Morgan fingerprint density at radius 3 is 2.47 bits per heavy atom. The van der Waals surface area contributed by atoms with Crippen molar-refractivity contribution in [2.24, 2.45) is 0 Å². The van der Waals surface area contributed by atoms with Crippen LogP contribution in [0.25, 0.3) is 0 Å². The molecule has 0 radical (unpaired) electrons. The molecule has 1 N–H and O–H groups in total. The van der Waals surface area contributed by atoms with Crippen LogP contribution in [0.5, 0.6) is 0 Å². The van der Waals surface area contributed by atoms with Crippen LogP contribution < -0.4 is 5.32 Å². The molecular weight excluding hydrogens is 421 g/mol. The second-order valence-corrected chi connectivity index (χ2v) is 8.95. The highest BCUT2D eigenvalue weighted by Crippen LogP contribution is 2.31. The van der Waals surface area contributed by atoms with Crippen molar-refractivity contribution in [1.82, 2.24) is 14.2 Å². The summed E-state index contributed by atoms with van der Waals surface area (Å²) in [5.41, 5.74) is -0.470. The molecule has 1 amide bonds. The minimum absolute atomic E-state index is 0.00535. The van der Waals surface area contributed by atoms with Gasteiger partial charge in [0.1, 0.15) is 5.82 Å². The first kappa shape index (κ1) is 22.0. The predicted octanol–water partition coefficient (Wildman–Crippen LogP) is 2.95. The Bertz CT molecular complexity index is 1020. The third kappa shape index (κ3) is 4.90. The number of nitrogens with zero attached hydrogens (tertiary/aromatic N) is 3. The molecule has 7 nitrogen and oxygen atoms in total. The number of alkyl halides is 3. The van der Waals surface area contributed by atoms with E-state index in [0.717, 1.165) is 12.1 Å². The topological polar surface area (TPSA) is 82.6 Å². The standard InChI is InChI=1S/C19H21F3N4O3S/c1-2-30(28,29)26-11-9-25(10-12-26)18(27)16-7-4-8-23-17(16)24-15-6-3-5-14(13-15)19(20,21)22/h3-8,13H,2,9-12H2,1H3,(H,23,24). The Balaban J connectivity index is 1.77. The lowest BCUT2D eigenvalue weighted by Gasteiger charge is -2.34. The second-order valence-electron chi connectivity index (χ2n) is 6.69. The molecule has 0 aliphatic carbocycles. The van der Waals surface area contributed by atoms with E-state index in [1.165, 1.54) is 33.6 Å². The van der Waals surface area contributed by atoms with Gasteiger partial charge in [0, 0.05) is 38.1 Å². The van der Waals surface area contributed by atoms with Crippen molar-refractivity contribution in [2.45, 2.75) is 13.1 Å². The monoisotopic (exact) mass is 442 g/mol. The van der Waals surface area contributed by atoms with E-state index in [1.54, 1.807) is 13.0 Å². The molecule has 1 aromatic heterocycles. The Hall–Kier alpha value is -2.66. The molecule has 30 heavy (non-hydrogen) atoms. The Labute approximate surface area is 172 Å². The SMILES string of the molecule is CCS(=O)(=O)N1CCN(C(=O)c2cccnc2Nc2cccc(C(F)(F)F)c2)CC1. The van der Waals surface area contributed by atoms with Crippen molar-refractivity contribution in [2.75, 3.05) is 37.2 Å². The van der Waals surface area contributed by atoms with Crippen molar-refractivity contribution < 1.29 is 26.4 Å². The number of carbonyl (C=O) groups is 1. The highest BCUT2D eigenvalue weighted by atomic mass is 32.2. The minimum atomic E-state index is -4.49. The number of sulfonamides is 1. The number of hydrogen-bond acceptors (Lipinski definition) is 5. The fourth-order valence-electron chi connectivity index (χ4n) is 3.11. The zero-order chi connectivity index (χ0) is 21.9. The highest BCUT2D eigenvalue weighted by Gasteiger charge is 2.31. The van der Waals surface area contributed by atoms with Crippen molar-refractivity contribution in [3.05, 3.63) is 53.7 Å². The third-order valence-corrected chi connectivity index (χ3v) is 6.66. The van der Waals surface area contributed by atoms with Gasteiger partial charge in [0.15, 0.2) is 0 Å². The number of nitrogens with one attached hydrogen (secondary N) is 1. The summed E-state index contributed by atoms with van der Waals surface area (Å²) in [7, 11) is -3.32.